The molecule has 1 atom stereocenters. The zero-order valence-electron chi connectivity index (χ0n) is 19.9. The van der Waals surface area contributed by atoms with Gasteiger partial charge in [-0.2, -0.15) is 19.6 Å². The van der Waals surface area contributed by atoms with Crippen LogP contribution in [0, 0.1) is 6.92 Å². The standard InChI is InChI=1S/C25H29N5O4/c1-16-8-9-20(33-16)22-27-24(29-25(2,3)4)28-23-21(13-26-30(22)23)34-18-7-5-6-17(12-18)14-32-19-10-11-31-15-19/h5-9,12-13,19H,10-11,14-15H2,1-4H3,(H,28,29). The van der Waals surface area contributed by atoms with E-state index in [1.807, 2.05) is 43.3 Å². The van der Waals surface area contributed by atoms with Crippen LogP contribution >= 0.6 is 0 Å². The second-order valence-electron chi connectivity index (χ2n) is 9.45. The molecule has 1 fully saturated rings. The third kappa shape index (κ3) is 5.05. The average molecular weight is 464 g/mol. The van der Waals surface area contributed by atoms with Crippen LogP contribution in [0.3, 0.4) is 0 Å². The highest BCUT2D eigenvalue weighted by Gasteiger charge is 2.21. The summed E-state index contributed by atoms with van der Waals surface area (Å²) in [6, 6.07) is 11.6. The number of furan rings is 1. The number of ether oxygens (including phenoxy) is 3. The highest BCUT2D eigenvalue weighted by atomic mass is 16.5. The summed E-state index contributed by atoms with van der Waals surface area (Å²) in [4.78, 5) is 9.36. The fourth-order valence-electron chi connectivity index (χ4n) is 3.72. The number of benzene rings is 1. The van der Waals surface area contributed by atoms with Crippen molar-refractivity contribution in [1.29, 1.82) is 0 Å². The van der Waals surface area contributed by atoms with Crippen LogP contribution in [0.1, 0.15) is 38.5 Å². The average Bonchev–Trinajstić information content (AvgIpc) is 3.53. The normalized spacial score (nSPS) is 16.3. The molecule has 0 aliphatic carbocycles. The van der Waals surface area contributed by atoms with E-state index in [-0.39, 0.29) is 11.6 Å². The minimum Gasteiger partial charge on any atom is -0.458 e. The number of aryl methyl sites for hydroxylation is 1. The van der Waals surface area contributed by atoms with Gasteiger partial charge in [0.15, 0.2) is 11.5 Å². The summed E-state index contributed by atoms with van der Waals surface area (Å²) < 4.78 is 25.0. The monoisotopic (exact) mass is 463 g/mol. The van der Waals surface area contributed by atoms with Crippen LogP contribution in [0.5, 0.6) is 11.5 Å². The van der Waals surface area contributed by atoms with Gasteiger partial charge in [0.2, 0.25) is 17.4 Å². The van der Waals surface area contributed by atoms with Crippen molar-refractivity contribution >= 4 is 11.6 Å². The van der Waals surface area contributed by atoms with Crippen LogP contribution in [-0.4, -0.2) is 44.4 Å². The molecule has 5 rings (SSSR count). The van der Waals surface area contributed by atoms with Gasteiger partial charge in [-0.25, -0.2) is 0 Å². The molecule has 4 aromatic rings. The fraction of sp³-hybridized carbons (Fsp3) is 0.400. The van der Waals surface area contributed by atoms with Gasteiger partial charge in [0.1, 0.15) is 11.5 Å². The Kier molecular flexibility index (Phi) is 5.97. The van der Waals surface area contributed by atoms with E-state index in [2.05, 4.69) is 36.2 Å². The number of rotatable bonds is 7. The summed E-state index contributed by atoms with van der Waals surface area (Å²) >= 11 is 0. The van der Waals surface area contributed by atoms with Crippen LogP contribution in [0.2, 0.25) is 0 Å². The number of nitrogens with zero attached hydrogens (tertiary/aromatic N) is 4. The first-order valence-corrected chi connectivity index (χ1v) is 11.4. The Labute approximate surface area is 198 Å². The number of hydrogen-bond donors (Lipinski definition) is 1. The summed E-state index contributed by atoms with van der Waals surface area (Å²) in [6.45, 7) is 9.97. The summed E-state index contributed by atoms with van der Waals surface area (Å²) in [5.74, 6) is 3.60. The molecule has 1 unspecified atom stereocenters. The molecule has 3 aromatic heterocycles. The van der Waals surface area contributed by atoms with Gasteiger partial charge in [-0.15, -0.1) is 0 Å². The lowest BCUT2D eigenvalue weighted by molar-refractivity contribution is 0.0317. The predicted molar refractivity (Wildman–Crippen MR) is 127 cm³/mol. The molecule has 1 saturated heterocycles. The van der Waals surface area contributed by atoms with Gasteiger partial charge >= 0.3 is 0 Å². The van der Waals surface area contributed by atoms with Gasteiger partial charge in [-0.3, -0.25) is 0 Å². The smallest absolute Gasteiger partial charge is 0.227 e. The first-order valence-electron chi connectivity index (χ1n) is 11.4. The lowest BCUT2D eigenvalue weighted by Gasteiger charge is -2.20. The largest absolute Gasteiger partial charge is 0.458 e. The van der Waals surface area contributed by atoms with Crippen molar-refractivity contribution in [3.63, 3.8) is 0 Å². The molecule has 34 heavy (non-hydrogen) atoms. The predicted octanol–water partition coefficient (Wildman–Crippen LogP) is 5.00. The molecule has 9 heteroatoms. The van der Waals surface area contributed by atoms with Gasteiger partial charge in [0.25, 0.3) is 0 Å². The Bertz CT molecular complexity index is 1280. The molecule has 4 heterocycles. The van der Waals surface area contributed by atoms with Crippen LogP contribution in [0.15, 0.2) is 47.0 Å². The van der Waals surface area contributed by atoms with Crippen molar-refractivity contribution in [2.75, 3.05) is 18.5 Å². The Morgan fingerprint density at radius 2 is 2.06 bits per heavy atom. The highest BCUT2D eigenvalue weighted by molar-refractivity contribution is 5.63. The van der Waals surface area contributed by atoms with E-state index >= 15 is 0 Å². The van der Waals surface area contributed by atoms with E-state index in [0.29, 0.717) is 47.9 Å². The number of aromatic nitrogens is 4. The third-order valence-electron chi connectivity index (χ3n) is 5.28. The van der Waals surface area contributed by atoms with Crippen molar-refractivity contribution in [2.24, 2.45) is 0 Å². The van der Waals surface area contributed by atoms with Gasteiger partial charge in [-0.1, -0.05) is 12.1 Å². The zero-order chi connectivity index (χ0) is 23.7. The minimum atomic E-state index is -0.228. The third-order valence-corrected chi connectivity index (χ3v) is 5.28. The number of fused-ring (bicyclic) bond motifs is 1. The summed E-state index contributed by atoms with van der Waals surface area (Å²) in [6.07, 6.45) is 2.72. The summed E-state index contributed by atoms with van der Waals surface area (Å²) in [5, 5.41) is 7.83. The summed E-state index contributed by atoms with van der Waals surface area (Å²) in [7, 11) is 0. The lowest BCUT2D eigenvalue weighted by Crippen LogP contribution is -2.27. The number of nitrogens with one attached hydrogen (secondary N) is 1. The topological polar surface area (TPSA) is 95.9 Å². The lowest BCUT2D eigenvalue weighted by atomic mass is 10.1. The van der Waals surface area contributed by atoms with Crippen molar-refractivity contribution in [3.8, 4) is 23.1 Å². The van der Waals surface area contributed by atoms with E-state index in [1.165, 1.54) is 0 Å². The van der Waals surface area contributed by atoms with Crippen LogP contribution in [0.25, 0.3) is 17.2 Å². The van der Waals surface area contributed by atoms with Gasteiger partial charge in [-0.05, 0) is 63.9 Å². The van der Waals surface area contributed by atoms with Crippen molar-refractivity contribution in [3.05, 3.63) is 53.9 Å². The second-order valence-corrected chi connectivity index (χ2v) is 9.45. The SMILES string of the molecule is Cc1ccc(-c2nc(NC(C)(C)C)nc3c(Oc4cccc(COC5CCOC5)c4)cnn23)o1. The Balaban J connectivity index is 1.45. The molecular formula is C25H29N5O4. The number of anilines is 1. The van der Waals surface area contributed by atoms with E-state index in [1.54, 1.807) is 10.7 Å². The van der Waals surface area contributed by atoms with E-state index in [0.717, 1.165) is 24.4 Å². The molecule has 0 amide bonds. The van der Waals surface area contributed by atoms with Crippen molar-refractivity contribution in [1.82, 2.24) is 19.6 Å². The summed E-state index contributed by atoms with van der Waals surface area (Å²) in [5.41, 5.74) is 1.34. The van der Waals surface area contributed by atoms with E-state index in [9.17, 15) is 0 Å². The van der Waals surface area contributed by atoms with Gasteiger partial charge in [0, 0.05) is 12.1 Å². The van der Waals surface area contributed by atoms with Crippen LogP contribution < -0.4 is 10.1 Å². The van der Waals surface area contributed by atoms with Gasteiger partial charge in [0.05, 0.1) is 25.5 Å². The van der Waals surface area contributed by atoms with Crippen molar-refractivity contribution in [2.45, 2.75) is 52.4 Å². The molecule has 1 aliphatic heterocycles. The highest BCUT2D eigenvalue weighted by Crippen LogP contribution is 2.30. The fourth-order valence-corrected chi connectivity index (χ4v) is 3.72. The molecule has 178 valence electrons. The molecule has 1 aromatic carbocycles. The van der Waals surface area contributed by atoms with E-state index in [4.69, 9.17) is 23.6 Å². The van der Waals surface area contributed by atoms with Crippen molar-refractivity contribution < 1.29 is 18.6 Å². The quantitative estimate of drug-likeness (QED) is 0.409. The first kappa shape index (κ1) is 22.4. The Morgan fingerprint density at radius 1 is 1.18 bits per heavy atom. The maximum atomic E-state index is 6.21. The Morgan fingerprint density at radius 3 is 2.79 bits per heavy atom. The van der Waals surface area contributed by atoms with Crippen LogP contribution in [0.4, 0.5) is 5.95 Å². The molecule has 0 bridgehead atoms. The zero-order valence-corrected chi connectivity index (χ0v) is 19.9. The van der Waals surface area contributed by atoms with E-state index < -0.39 is 0 Å². The first-order chi connectivity index (χ1) is 16.3. The molecule has 1 N–H and O–H groups in total. The number of hydrogen-bond acceptors (Lipinski definition) is 8. The second kappa shape index (κ2) is 9.08. The molecule has 0 radical (unpaired) electrons. The molecular weight excluding hydrogens is 434 g/mol. The Hall–Kier alpha value is -3.43. The molecule has 1 aliphatic rings. The maximum Gasteiger partial charge on any atom is 0.227 e. The molecule has 0 spiro atoms. The minimum absolute atomic E-state index is 0.151. The molecule has 9 nitrogen and oxygen atoms in total. The maximum absolute atomic E-state index is 6.21. The van der Waals surface area contributed by atoms with Crippen LogP contribution in [-0.2, 0) is 16.1 Å². The van der Waals surface area contributed by atoms with Gasteiger partial charge < -0.3 is 23.9 Å². The molecule has 0 saturated carbocycles.